The molecule has 2 saturated heterocycles. The van der Waals surface area contributed by atoms with Crippen LogP contribution in [0.3, 0.4) is 0 Å². The monoisotopic (exact) mass is 492 g/mol. The van der Waals surface area contributed by atoms with Crippen LogP contribution in [0.1, 0.15) is 62.6 Å². The molecule has 34 heavy (non-hydrogen) atoms. The first-order valence-electron chi connectivity index (χ1n) is 11.7. The Morgan fingerprint density at radius 3 is 2.68 bits per heavy atom. The highest BCUT2D eigenvalue weighted by atomic mass is 32.2. The molecule has 1 amide bonds. The highest BCUT2D eigenvalue weighted by molar-refractivity contribution is 7.94. The second-order valence-corrected chi connectivity index (χ2v) is 10.2. The van der Waals surface area contributed by atoms with Crippen LogP contribution in [0.4, 0.5) is 14.9 Å². The summed E-state index contributed by atoms with van der Waals surface area (Å²) in [7, 11) is 1.40. The molecule has 1 saturated carbocycles. The first-order valence-corrected chi connectivity index (χ1v) is 12.4. The summed E-state index contributed by atoms with van der Waals surface area (Å²) in [6.45, 7) is 4.55. The molecule has 11 heteroatoms. The average Bonchev–Trinajstić information content (AvgIpc) is 3.23. The molecule has 0 unspecified atom stereocenters. The van der Waals surface area contributed by atoms with Gasteiger partial charge in [-0.3, -0.25) is 0 Å². The lowest BCUT2D eigenvalue weighted by atomic mass is 9.96. The van der Waals surface area contributed by atoms with Gasteiger partial charge in [-0.2, -0.15) is 9.32 Å². The van der Waals surface area contributed by atoms with Gasteiger partial charge in [0, 0.05) is 37.0 Å². The fourth-order valence-electron chi connectivity index (χ4n) is 4.50. The van der Waals surface area contributed by atoms with E-state index >= 15 is 0 Å². The van der Waals surface area contributed by atoms with Gasteiger partial charge in [0.05, 0.1) is 30.8 Å². The molecule has 1 aromatic heterocycles. The van der Waals surface area contributed by atoms with E-state index in [1.54, 1.807) is 17.0 Å². The van der Waals surface area contributed by atoms with Gasteiger partial charge >= 0.3 is 6.09 Å². The molecule has 184 valence electrons. The normalized spacial score (nSPS) is 22.3. The summed E-state index contributed by atoms with van der Waals surface area (Å²) in [6, 6.07) is 4.98. The molecular formula is C23H29FN4O5S. The van der Waals surface area contributed by atoms with E-state index in [1.165, 1.54) is 13.2 Å². The Labute approximate surface area is 202 Å². The molecule has 1 aliphatic carbocycles. The number of carbonyl (C=O) groups is 1. The lowest BCUT2D eigenvalue weighted by Gasteiger charge is -2.30. The Bertz CT molecular complexity index is 1020. The van der Waals surface area contributed by atoms with Crippen LogP contribution in [-0.4, -0.2) is 60.0 Å². The third-order valence-electron chi connectivity index (χ3n) is 6.86. The van der Waals surface area contributed by atoms with Crippen LogP contribution in [-0.2, 0) is 14.0 Å². The zero-order chi connectivity index (χ0) is 23.7. The number of benzene rings is 1. The number of halogens is 1. The van der Waals surface area contributed by atoms with E-state index in [4.69, 9.17) is 13.6 Å². The minimum Gasteiger partial charge on any atom is -0.443 e. The molecule has 0 radical (unpaired) electrons. The summed E-state index contributed by atoms with van der Waals surface area (Å²) in [6.07, 6.45) is 4.05. The van der Waals surface area contributed by atoms with E-state index in [9.17, 15) is 9.18 Å². The van der Waals surface area contributed by atoms with Crippen molar-refractivity contribution < 1.29 is 27.7 Å². The Morgan fingerprint density at radius 1 is 1.21 bits per heavy atom. The number of rotatable bonds is 7. The second kappa shape index (κ2) is 9.71. The van der Waals surface area contributed by atoms with Gasteiger partial charge < -0.3 is 19.1 Å². The number of hydrogen-bond donors (Lipinski definition) is 0. The van der Waals surface area contributed by atoms with Gasteiger partial charge in [0.15, 0.2) is 5.82 Å². The summed E-state index contributed by atoms with van der Waals surface area (Å²) in [5, 5.41) is 4.24. The fraction of sp³-hybridized carbons (Fsp3) is 0.609. The minimum atomic E-state index is -0.308. The number of ether oxygens (including phenoxy) is 1. The molecule has 3 fully saturated rings. The first kappa shape index (κ1) is 23.4. The third kappa shape index (κ3) is 5.16. The van der Waals surface area contributed by atoms with Crippen molar-refractivity contribution >= 4 is 23.8 Å². The molecule has 5 rings (SSSR count). The largest absolute Gasteiger partial charge is 0.443 e. The highest BCUT2D eigenvalue weighted by Crippen LogP contribution is 2.40. The molecular weight excluding hydrogens is 463 g/mol. The number of carbonyl (C=O) groups excluding carboxylic acids is 1. The van der Waals surface area contributed by atoms with E-state index in [0.717, 1.165) is 44.1 Å². The molecule has 0 N–H and O–H groups in total. The van der Waals surface area contributed by atoms with Crippen molar-refractivity contribution in [3.8, 4) is 0 Å². The zero-order valence-corrected chi connectivity index (χ0v) is 20.2. The van der Waals surface area contributed by atoms with E-state index in [0.29, 0.717) is 48.5 Å². The number of aromatic nitrogens is 2. The lowest BCUT2D eigenvalue weighted by molar-refractivity contribution is -0.160. The van der Waals surface area contributed by atoms with Crippen LogP contribution in [0.15, 0.2) is 27.6 Å². The summed E-state index contributed by atoms with van der Waals surface area (Å²) < 4.78 is 30.6. The van der Waals surface area contributed by atoms with Crippen LogP contribution in [0.2, 0.25) is 0 Å². The quantitative estimate of drug-likeness (QED) is 0.311. The van der Waals surface area contributed by atoms with Crippen molar-refractivity contribution in [2.45, 2.75) is 61.4 Å². The van der Waals surface area contributed by atoms with Crippen molar-refractivity contribution in [3.63, 3.8) is 0 Å². The molecule has 0 bridgehead atoms. The molecule has 2 aromatic rings. The zero-order valence-electron chi connectivity index (χ0n) is 19.4. The summed E-state index contributed by atoms with van der Waals surface area (Å²) in [5.41, 5.74) is 0.289. The Balaban J connectivity index is 1.15. The molecule has 1 aromatic carbocycles. The standard InChI is InChI=1S/C23H29FN4O5S/c1-23(8-9-23)31-22(29)27-10-5-15(6-11-27)20-25-21(32-26-20)16-7-12-28(14-16)19-4-3-17(13-18(19)24)34-33-30-2/h3-4,13,15-16H,5-12,14H2,1-2H3/t16-/m0/s1. The summed E-state index contributed by atoms with van der Waals surface area (Å²) in [4.78, 5) is 26.0. The Hall–Kier alpha value is -2.37. The number of amides is 1. The van der Waals surface area contributed by atoms with Gasteiger partial charge in [0.25, 0.3) is 0 Å². The number of anilines is 1. The minimum absolute atomic E-state index is 0.0564. The number of nitrogens with zero attached hydrogens (tertiary/aromatic N) is 4. The van der Waals surface area contributed by atoms with Gasteiger partial charge in [-0.25, -0.2) is 14.1 Å². The predicted octanol–water partition coefficient (Wildman–Crippen LogP) is 4.66. The first-order chi connectivity index (χ1) is 16.4. The number of hydrogen-bond acceptors (Lipinski definition) is 9. The lowest BCUT2D eigenvalue weighted by Crippen LogP contribution is -2.40. The smallest absolute Gasteiger partial charge is 0.410 e. The predicted molar refractivity (Wildman–Crippen MR) is 122 cm³/mol. The number of likely N-dealkylation sites (tertiary alicyclic amines) is 1. The SMILES string of the molecule is COOSc1ccc(N2CC[C@H](c3nc(C4CCN(C(=O)OC5(C)CC5)CC4)no3)C2)c(F)c1. The van der Waals surface area contributed by atoms with Crippen LogP contribution >= 0.6 is 12.0 Å². The van der Waals surface area contributed by atoms with Crippen molar-refractivity contribution in [3.05, 3.63) is 35.7 Å². The van der Waals surface area contributed by atoms with Crippen molar-refractivity contribution in [2.24, 2.45) is 0 Å². The molecule has 1 atom stereocenters. The molecule has 3 aliphatic rings. The Morgan fingerprint density at radius 2 is 1.97 bits per heavy atom. The topological polar surface area (TPSA) is 90.2 Å². The van der Waals surface area contributed by atoms with Gasteiger partial charge in [-0.15, -0.1) is 0 Å². The van der Waals surface area contributed by atoms with Crippen molar-refractivity contribution in [2.75, 3.05) is 38.2 Å². The van der Waals surface area contributed by atoms with E-state index in [1.807, 2.05) is 11.8 Å². The van der Waals surface area contributed by atoms with E-state index in [-0.39, 0.29) is 29.3 Å². The summed E-state index contributed by atoms with van der Waals surface area (Å²) in [5.74, 6) is 1.20. The van der Waals surface area contributed by atoms with Crippen LogP contribution < -0.4 is 4.90 Å². The molecule has 0 spiro atoms. The molecule has 2 aliphatic heterocycles. The fourth-order valence-corrected chi connectivity index (χ4v) is 4.92. The summed E-state index contributed by atoms with van der Waals surface area (Å²) >= 11 is 0.963. The number of piperidine rings is 1. The average molecular weight is 493 g/mol. The van der Waals surface area contributed by atoms with Gasteiger partial charge in [0.2, 0.25) is 5.89 Å². The Kier molecular flexibility index (Phi) is 6.67. The third-order valence-corrected chi connectivity index (χ3v) is 7.51. The van der Waals surface area contributed by atoms with Crippen LogP contribution in [0.5, 0.6) is 0 Å². The molecule has 9 nitrogen and oxygen atoms in total. The highest BCUT2D eigenvalue weighted by Gasteiger charge is 2.43. The maximum atomic E-state index is 14.6. The van der Waals surface area contributed by atoms with Gasteiger partial charge in [-0.1, -0.05) is 5.16 Å². The van der Waals surface area contributed by atoms with Gasteiger partial charge in [0.1, 0.15) is 11.4 Å². The van der Waals surface area contributed by atoms with Crippen LogP contribution in [0, 0.1) is 5.82 Å². The van der Waals surface area contributed by atoms with Crippen LogP contribution in [0.25, 0.3) is 0 Å². The van der Waals surface area contributed by atoms with E-state index < -0.39 is 0 Å². The maximum Gasteiger partial charge on any atom is 0.410 e. The van der Waals surface area contributed by atoms with E-state index in [2.05, 4.69) is 15.0 Å². The van der Waals surface area contributed by atoms with Crippen molar-refractivity contribution in [1.82, 2.24) is 15.0 Å². The maximum absolute atomic E-state index is 14.6. The molecule has 3 heterocycles. The van der Waals surface area contributed by atoms with Crippen molar-refractivity contribution in [1.29, 1.82) is 0 Å². The van der Waals surface area contributed by atoms with Gasteiger partial charge in [-0.05, 0) is 57.2 Å². The second-order valence-electron chi connectivity index (χ2n) is 9.43.